The Hall–Kier alpha value is -2.75. The summed E-state index contributed by atoms with van der Waals surface area (Å²) < 4.78 is 6.74. The van der Waals surface area contributed by atoms with Crippen LogP contribution < -0.4 is 15.5 Å². The molecule has 0 radical (unpaired) electrons. The number of morpholine rings is 1. The van der Waals surface area contributed by atoms with Crippen LogP contribution in [0.25, 0.3) is 5.82 Å². The maximum atomic E-state index is 12.6. The molecule has 1 N–H and O–H groups in total. The van der Waals surface area contributed by atoms with E-state index in [1.807, 2.05) is 6.92 Å². The third-order valence-corrected chi connectivity index (χ3v) is 4.03. The molecule has 0 amide bonds. The minimum Gasteiger partial charge on any atom is -0.378 e. The van der Waals surface area contributed by atoms with Gasteiger partial charge in [-0.15, -0.1) is 0 Å². The van der Waals surface area contributed by atoms with Gasteiger partial charge in [0.05, 0.1) is 25.8 Å². The molecule has 126 valence electrons. The van der Waals surface area contributed by atoms with E-state index >= 15 is 0 Å². The van der Waals surface area contributed by atoms with Crippen molar-refractivity contribution in [3.8, 4) is 5.82 Å². The lowest BCUT2D eigenvalue weighted by atomic mass is 10.3. The van der Waals surface area contributed by atoms with Crippen LogP contribution in [-0.4, -0.2) is 58.6 Å². The molecule has 4 rings (SSSR count). The van der Waals surface area contributed by atoms with Gasteiger partial charge >= 0.3 is 0 Å². The van der Waals surface area contributed by atoms with Gasteiger partial charge in [-0.3, -0.25) is 9.89 Å². The van der Waals surface area contributed by atoms with Crippen LogP contribution in [0.1, 0.15) is 6.92 Å². The highest BCUT2D eigenvalue weighted by molar-refractivity contribution is 5.47. The first-order valence-electron chi connectivity index (χ1n) is 7.86. The van der Waals surface area contributed by atoms with Gasteiger partial charge in [0, 0.05) is 25.4 Å². The maximum Gasteiger partial charge on any atom is 0.298 e. The van der Waals surface area contributed by atoms with Crippen molar-refractivity contribution in [2.24, 2.45) is 10.3 Å². The highest BCUT2D eigenvalue weighted by Gasteiger charge is 2.22. The zero-order chi connectivity index (χ0) is 16.5. The number of aromatic amines is 1. The van der Waals surface area contributed by atoms with Crippen LogP contribution in [0.2, 0.25) is 0 Å². The molecule has 0 spiro atoms. The Morgan fingerprint density at radius 2 is 2.04 bits per heavy atom. The molecule has 2 aliphatic rings. The van der Waals surface area contributed by atoms with Gasteiger partial charge in [-0.05, 0) is 6.92 Å². The van der Waals surface area contributed by atoms with Gasteiger partial charge in [0.1, 0.15) is 17.8 Å². The Morgan fingerprint density at radius 3 is 2.79 bits per heavy atom. The van der Waals surface area contributed by atoms with Crippen molar-refractivity contribution in [3.05, 3.63) is 28.9 Å². The Morgan fingerprint density at radius 1 is 1.25 bits per heavy atom. The van der Waals surface area contributed by atoms with E-state index in [1.165, 1.54) is 11.0 Å². The summed E-state index contributed by atoms with van der Waals surface area (Å²) in [6, 6.07) is 1.88. The van der Waals surface area contributed by atoms with Crippen LogP contribution in [0.4, 0.5) is 11.5 Å². The minimum atomic E-state index is -0.213. The highest BCUT2D eigenvalue weighted by atomic mass is 16.5. The summed E-state index contributed by atoms with van der Waals surface area (Å²) in [7, 11) is 0. The molecule has 1 unspecified atom stereocenters. The van der Waals surface area contributed by atoms with Gasteiger partial charge in [0.15, 0.2) is 5.82 Å². The zero-order valence-corrected chi connectivity index (χ0v) is 13.3. The van der Waals surface area contributed by atoms with E-state index in [-0.39, 0.29) is 11.6 Å². The van der Waals surface area contributed by atoms with E-state index in [0.29, 0.717) is 31.3 Å². The molecule has 24 heavy (non-hydrogen) atoms. The van der Waals surface area contributed by atoms with Crippen LogP contribution in [0.3, 0.4) is 0 Å². The Kier molecular flexibility index (Phi) is 3.73. The lowest BCUT2D eigenvalue weighted by Crippen LogP contribution is -2.37. The molecule has 1 fully saturated rings. The summed E-state index contributed by atoms with van der Waals surface area (Å²) in [4.78, 5) is 23.3. The number of ether oxygens (including phenoxy) is 1. The highest BCUT2D eigenvalue weighted by Crippen LogP contribution is 2.18. The molecular formula is C14H18N8O2. The van der Waals surface area contributed by atoms with Crippen molar-refractivity contribution in [1.82, 2.24) is 19.7 Å². The molecule has 2 aromatic heterocycles. The summed E-state index contributed by atoms with van der Waals surface area (Å²) in [6.07, 6.45) is 3.08. The topological polar surface area (TPSA) is 104 Å². The smallest absolute Gasteiger partial charge is 0.298 e. The van der Waals surface area contributed by atoms with Crippen molar-refractivity contribution in [1.29, 1.82) is 0 Å². The number of rotatable bonds is 3. The van der Waals surface area contributed by atoms with E-state index in [4.69, 9.17) is 4.74 Å². The predicted molar refractivity (Wildman–Crippen MR) is 86.7 cm³/mol. The normalized spacial score (nSPS) is 20.8. The van der Waals surface area contributed by atoms with Crippen LogP contribution >= 0.6 is 0 Å². The van der Waals surface area contributed by atoms with Gasteiger partial charge in [-0.2, -0.15) is 9.80 Å². The first kappa shape index (κ1) is 14.8. The Labute approximate surface area is 137 Å². The van der Waals surface area contributed by atoms with Crippen molar-refractivity contribution in [3.63, 3.8) is 0 Å². The summed E-state index contributed by atoms with van der Waals surface area (Å²) in [5.74, 6) is 1.27. The molecule has 0 bridgehead atoms. The summed E-state index contributed by atoms with van der Waals surface area (Å²) in [6.45, 7) is 5.43. The number of hydrogen-bond donors (Lipinski definition) is 1. The summed E-state index contributed by atoms with van der Waals surface area (Å²) in [5.41, 5.74) is 0.240. The molecule has 0 saturated carbocycles. The van der Waals surface area contributed by atoms with E-state index in [1.54, 1.807) is 17.3 Å². The Balaban J connectivity index is 1.63. The molecule has 10 nitrogen and oxygen atoms in total. The van der Waals surface area contributed by atoms with E-state index in [2.05, 4.69) is 30.3 Å². The molecule has 1 atom stereocenters. The number of H-pyrrole nitrogens is 1. The molecule has 0 aliphatic carbocycles. The standard InChI is InChI=1S/C14H18N8O2/c1-10-8-21(19-18-10)11-7-17-22(14(11)23)13-6-12(15-9-16-13)20-2-4-24-5-3-20/h6-7,9-10,17H,2-5,8H2,1H3. The van der Waals surface area contributed by atoms with Gasteiger partial charge in [-0.1, -0.05) is 5.22 Å². The fourth-order valence-corrected chi connectivity index (χ4v) is 2.76. The largest absolute Gasteiger partial charge is 0.378 e. The maximum absolute atomic E-state index is 12.6. The van der Waals surface area contributed by atoms with Crippen molar-refractivity contribution in [2.75, 3.05) is 42.8 Å². The zero-order valence-electron chi connectivity index (χ0n) is 13.3. The van der Waals surface area contributed by atoms with Gasteiger partial charge in [-0.25, -0.2) is 15.0 Å². The number of anilines is 2. The molecular weight excluding hydrogens is 312 g/mol. The van der Waals surface area contributed by atoms with Crippen LogP contribution in [0.15, 0.2) is 33.7 Å². The first-order chi connectivity index (χ1) is 11.7. The average Bonchev–Trinajstić information content (AvgIpc) is 3.21. The fraction of sp³-hybridized carbons (Fsp3) is 0.500. The molecule has 4 heterocycles. The SMILES string of the molecule is CC1CN(c2c[nH]n(-c3cc(N4CCOCC4)ncn3)c2=O)N=N1. The minimum absolute atomic E-state index is 0.0831. The second-order valence-electron chi connectivity index (χ2n) is 5.77. The molecule has 2 aliphatic heterocycles. The van der Waals surface area contributed by atoms with E-state index < -0.39 is 0 Å². The van der Waals surface area contributed by atoms with Crippen molar-refractivity contribution in [2.45, 2.75) is 13.0 Å². The monoisotopic (exact) mass is 330 g/mol. The Bertz CT molecular complexity index is 807. The second-order valence-corrected chi connectivity index (χ2v) is 5.77. The summed E-state index contributed by atoms with van der Waals surface area (Å²) >= 11 is 0. The third-order valence-electron chi connectivity index (χ3n) is 4.03. The number of nitrogens with zero attached hydrogens (tertiary/aromatic N) is 7. The van der Waals surface area contributed by atoms with Crippen LogP contribution in [-0.2, 0) is 4.74 Å². The predicted octanol–water partition coefficient (Wildman–Crippen LogP) is 0.368. The lowest BCUT2D eigenvalue weighted by Gasteiger charge is -2.27. The number of hydrogen-bond acceptors (Lipinski definition) is 8. The first-order valence-corrected chi connectivity index (χ1v) is 7.86. The third kappa shape index (κ3) is 2.64. The molecule has 2 aromatic rings. The number of aromatic nitrogens is 4. The van der Waals surface area contributed by atoms with Gasteiger partial charge in [0.25, 0.3) is 5.56 Å². The van der Waals surface area contributed by atoms with E-state index in [9.17, 15) is 4.79 Å². The van der Waals surface area contributed by atoms with Gasteiger partial charge < -0.3 is 9.64 Å². The van der Waals surface area contributed by atoms with Crippen LogP contribution in [0.5, 0.6) is 0 Å². The van der Waals surface area contributed by atoms with Crippen molar-refractivity contribution < 1.29 is 4.74 Å². The average molecular weight is 330 g/mol. The number of nitrogens with one attached hydrogen (secondary N) is 1. The fourth-order valence-electron chi connectivity index (χ4n) is 2.76. The van der Waals surface area contributed by atoms with E-state index in [0.717, 1.165) is 18.9 Å². The summed E-state index contributed by atoms with van der Waals surface area (Å²) in [5, 5.41) is 12.6. The quantitative estimate of drug-likeness (QED) is 0.872. The van der Waals surface area contributed by atoms with Crippen LogP contribution in [0, 0.1) is 0 Å². The molecule has 1 saturated heterocycles. The lowest BCUT2D eigenvalue weighted by molar-refractivity contribution is 0.122. The van der Waals surface area contributed by atoms with Gasteiger partial charge in [0.2, 0.25) is 0 Å². The molecule has 0 aromatic carbocycles. The molecule has 10 heteroatoms. The second kappa shape index (κ2) is 6.04. The van der Waals surface area contributed by atoms with Crippen molar-refractivity contribution >= 4 is 11.5 Å².